The zero-order chi connectivity index (χ0) is 25.8. The molecule has 1 aromatic carbocycles. The molecule has 188 valence electrons. The Kier molecular flexibility index (Phi) is 6.14. The molecule has 5 rings (SSSR count). The number of pyridine rings is 1. The number of aryl methyl sites for hydroxylation is 2. The van der Waals surface area contributed by atoms with E-state index in [2.05, 4.69) is 36.4 Å². The Labute approximate surface area is 213 Å². The lowest BCUT2D eigenvalue weighted by atomic mass is 10.1. The number of aromatic nitrogens is 5. The highest BCUT2D eigenvalue weighted by Crippen LogP contribution is 2.43. The van der Waals surface area contributed by atoms with Crippen molar-refractivity contribution < 1.29 is 18.0 Å². The van der Waals surface area contributed by atoms with Crippen LogP contribution in [0, 0.1) is 20.8 Å². The Morgan fingerprint density at radius 2 is 1.83 bits per heavy atom. The standard InChI is InChI=1S/C25H24BrF3N6O/c1-13-22-19(25(27,28)29)10-20(17-7-8-17)31-24(22)35(32-13)12-21(36)30-18-6-4-5-16(9-18)11-34-15(3)23(26)14(2)33-34/h4-6,9-10,17H,7-8,11-12H2,1-3H3,(H,30,36). The minimum absolute atomic E-state index is 0.0264. The topological polar surface area (TPSA) is 77.6 Å². The Morgan fingerprint density at radius 1 is 1.11 bits per heavy atom. The van der Waals surface area contributed by atoms with Gasteiger partial charge in [0.15, 0.2) is 5.65 Å². The molecule has 0 atom stereocenters. The number of carbonyl (C=O) groups excluding carboxylic acids is 1. The van der Waals surface area contributed by atoms with Crippen LogP contribution in [0.5, 0.6) is 0 Å². The molecule has 0 spiro atoms. The number of nitrogens with one attached hydrogen (secondary N) is 1. The summed E-state index contributed by atoms with van der Waals surface area (Å²) in [7, 11) is 0. The predicted molar refractivity (Wildman–Crippen MR) is 133 cm³/mol. The summed E-state index contributed by atoms with van der Waals surface area (Å²) in [6.07, 6.45) is -2.91. The zero-order valence-corrected chi connectivity index (χ0v) is 21.5. The van der Waals surface area contributed by atoms with E-state index in [1.807, 2.05) is 36.7 Å². The number of benzene rings is 1. The number of halogens is 4. The van der Waals surface area contributed by atoms with E-state index in [-0.39, 0.29) is 29.2 Å². The molecule has 1 aliphatic carbocycles. The molecule has 0 unspecified atom stereocenters. The highest BCUT2D eigenvalue weighted by molar-refractivity contribution is 9.10. The van der Waals surface area contributed by atoms with Crippen LogP contribution in [0.1, 0.15) is 52.7 Å². The molecule has 4 aromatic rings. The smallest absolute Gasteiger partial charge is 0.324 e. The van der Waals surface area contributed by atoms with Crippen LogP contribution < -0.4 is 5.32 Å². The van der Waals surface area contributed by atoms with E-state index >= 15 is 0 Å². The molecular formula is C25H24BrF3N6O. The van der Waals surface area contributed by atoms with Crippen LogP contribution in [0.15, 0.2) is 34.8 Å². The van der Waals surface area contributed by atoms with Gasteiger partial charge in [-0.2, -0.15) is 23.4 Å². The number of amides is 1. The van der Waals surface area contributed by atoms with Crippen molar-refractivity contribution in [1.82, 2.24) is 24.5 Å². The van der Waals surface area contributed by atoms with Crippen LogP contribution in [-0.4, -0.2) is 30.5 Å². The lowest BCUT2D eigenvalue weighted by Gasteiger charge is -2.12. The summed E-state index contributed by atoms with van der Waals surface area (Å²) in [5.74, 6) is -0.379. The summed E-state index contributed by atoms with van der Waals surface area (Å²) >= 11 is 3.53. The highest BCUT2D eigenvalue weighted by atomic mass is 79.9. The van der Waals surface area contributed by atoms with Gasteiger partial charge in [0.2, 0.25) is 5.91 Å². The minimum Gasteiger partial charge on any atom is -0.324 e. The first-order valence-electron chi connectivity index (χ1n) is 11.5. The van der Waals surface area contributed by atoms with Crippen molar-refractivity contribution in [1.29, 1.82) is 0 Å². The molecule has 3 aromatic heterocycles. The van der Waals surface area contributed by atoms with Gasteiger partial charge in [-0.05, 0) is 73.3 Å². The first-order valence-corrected chi connectivity index (χ1v) is 12.3. The molecule has 0 aliphatic heterocycles. The molecule has 0 radical (unpaired) electrons. The Morgan fingerprint density at radius 3 is 2.47 bits per heavy atom. The monoisotopic (exact) mass is 560 g/mol. The summed E-state index contributed by atoms with van der Waals surface area (Å²) in [6, 6.07) is 8.51. The first kappa shape index (κ1) is 24.5. The number of fused-ring (bicyclic) bond motifs is 1. The second kappa shape index (κ2) is 9.02. The van der Waals surface area contributed by atoms with Gasteiger partial charge in [0.05, 0.1) is 39.0 Å². The van der Waals surface area contributed by atoms with E-state index in [9.17, 15) is 18.0 Å². The molecule has 1 aliphatic rings. The fourth-order valence-electron chi connectivity index (χ4n) is 4.38. The van der Waals surface area contributed by atoms with Crippen LogP contribution in [0.25, 0.3) is 11.0 Å². The van der Waals surface area contributed by atoms with Crippen LogP contribution in [-0.2, 0) is 24.1 Å². The Balaban J connectivity index is 1.38. The van der Waals surface area contributed by atoms with Gasteiger partial charge in [-0.15, -0.1) is 0 Å². The molecule has 1 N–H and O–H groups in total. The molecule has 7 nitrogen and oxygen atoms in total. The summed E-state index contributed by atoms with van der Waals surface area (Å²) < 4.78 is 45.5. The van der Waals surface area contributed by atoms with E-state index in [0.717, 1.165) is 40.3 Å². The Hall–Kier alpha value is -3.21. The number of hydrogen-bond acceptors (Lipinski definition) is 4. The average Bonchev–Trinajstić information content (AvgIpc) is 3.57. The van der Waals surface area contributed by atoms with Gasteiger partial charge in [-0.25, -0.2) is 9.67 Å². The van der Waals surface area contributed by atoms with Crippen LogP contribution >= 0.6 is 15.9 Å². The third-order valence-corrected chi connectivity index (χ3v) is 7.48. The quantitative estimate of drug-likeness (QED) is 0.318. The number of rotatable bonds is 6. The van der Waals surface area contributed by atoms with Gasteiger partial charge in [0.1, 0.15) is 6.54 Å². The lowest BCUT2D eigenvalue weighted by molar-refractivity contribution is -0.136. The molecule has 1 amide bonds. The second-order valence-electron chi connectivity index (χ2n) is 9.20. The highest BCUT2D eigenvalue weighted by Gasteiger charge is 2.37. The van der Waals surface area contributed by atoms with E-state index in [0.29, 0.717) is 17.9 Å². The third-order valence-electron chi connectivity index (χ3n) is 6.33. The maximum absolute atomic E-state index is 13.8. The lowest BCUT2D eigenvalue weighted by Crippen LogP contribution is -2.20. The third kappa shape index (κ3) is 4.76. The van der Waals surface area contributed by atoms with E-state index < -0.39 is 17.6 Å². The van der Waals surface area contributed by atoms with Crippen molar-refractivity contribution in [2.24, 2.45) is 0 Å². The van der Waals surface area contributed by atoms with Crippen molar-refractivity contribution in [3.05, 3.63) is 68.7 Å². The van der Waals surface area contributed by atoms with Crippen molar-refractivity contribution >= 4 is 38.6 Å². The summed E-state index contributed by atoms with van der Waals surface area (Å²) in [5.41, 5.74) is 3.35. The molecular weight excluding hydrogens is 537 g/mol. The molecule has 11 heteroatoms. The molecule has 1 saturated carbocycles. The maximum Gasteiger partial charge on any atom is 0.417 e. The number of alkyl halides is 3. The fourth-order valence-corrected chi connectivity index (χ4v) is 4.66. The fraction of sp³-hybridized carbons (Fsp3) is 0.360. The van der Waals surface area contributed by atoms with Crippen molar-refractivity contribution in [3.63, 3.8) is 0 Å². The summed E-state index contributed by atoms with van der Waals surface area (Å²) in [4.78, 5) is 17.4. The molecule has 3 heterocycles. The molecule has 0 bridgehead atoms. The van der Waals surface area contributed by atoms with Gasteiger partial charge in [-0.3, -0.25) is 9.48 Å². The summed E-state index contributed by atoms with van der Waals surface area (Å²) in [6.45, 7) is 5.67. The predicted octanol–water partition coefficient (Wildman–Crippen LogP) is 5.90. The zero-order valence-electron chi connectivity index (χ0n) is 19.9. The largest absolute Gasteiger partial charge is 0.417 e. The van der Waals surface area contributed by atoms with Gasteiger partial charge < -0.3 is 5.32 Å². The van der Waals surface area contributed by atoms with E-state index in [1.54, 1.807) is 6.07 Å². The normalized spacial score (nSPS) is 14.0. The van der Waals surface area contributed by atoms with Gasteiger partial charge in [-0.1, -0.05) is 12.1 Å². The van der Waals surface area contributed by atoms with Gasteiger partial charge >= 0.3 is 6.18 Å². The molecule has 0 saturated heterocycles. The number of carbonyl (C=O) groups is 1. The number of nitrogens with zero attached hydrogens (tertiary/aromatic N) is 5. The second-order valence-corrected chi connectivity index (χ2v) is 9.99. The number of anilines is 1. The van der Waals surface area contributed by atoms with Gasteiger partial charge in [0.25, 0.3) is 0 Å². The van der Waals surface area contributed by atoms with Crippen molar-refractivity contribution in [2.75, 3.05) is 5.32 Å². The minimum atomic E-state index is -4.53. The molecule has 36 heavy (non-hydrogen) atoms. The maximum atomic E-state index is 13.8. The van der Waals surface area contributed by atoms with Crippen molar-refractivity contribution in [3.8, 4) is 0 Å². The van der Waals surface area contributed by atoms with E-state index in [1.165, 1.54) is 11.6 Å². The Bertz CT molecular complexity index is 1490. The van der Waals surface area contributed by atoms with Crippen LogP contribution in [0.4, 0.5) is 18.9 Å². The SMILES string of the molecule is Cc1nn(Cc2cccc(NC(=O)Cn3nc(C)c4c(C(F)(F)F)cc(C5CC5)nc43)c2)c(C)c1Br. The van der Waals surface area contributed by atoms with Crippen LogP contribution in [0.3, 0.4) is 0 Å². The number of hydrogen-bond donors (Lipinski definition) is 1. The average molecular weight is 561 g/mol. The first-order chi connectivity index (χ1) is 17.0. The van der Waals surface area contributed by atoms with Crippen molar-refractivity contribution in [2.45, 2.75) is 58.8 Å². The van der Waals surface area contributed by atoms with Gasteiger partial charge in [0, 0.05) is 17.3 Å². The molecule has 1 fully saturated rings. The van der Waals surface area contributed by atoms with E-state index in [4.69, 9.17) is 0 Å². The summed E-state index contributed by atoms with van der Waals surface area (Å²) in [5, 5.41) is 11.5. The van der Waals surface area contributed by atoms with Crippen LogP contribution in [0.2, 0.25) is 0 Å².